The summed E-state index contributed by atoms with van der Waals surface area (Å²) in [6, 6.07) is 6.28. The maximum Gasteiger partial charge on any atom is 0.406 e. The van der Waals surface area contributed by atoms with Crippen molar-refractivity contribution in [2.24, 2.45) is 5.92 Å². The Morgan fingerprint density at radius 1 is 1.35 bits per heavy atom. The molecule has 0 aliphatic carbocycles. The highest BCUT2D eigenvalue weighted by molar-refractivity contribution is 5.74. The predicted molar refractivity (Wildman–Crippen MR) is 116 cm³/mol. The summed E-state index contributed by atoms with van der Waals surface area (Å²) in [6.45, 7) is 7.27. The van der Waals surface area contributed by atoms with Gasteiger partial charge in [0, 0.05) is 38.1 Å². The first kappa shape index (κ1) is 24.9. The topological polar surface area (TPSA) is 91.9 Å². The van der Waals surface area contributed by atoms with Gasteiger partial charge < -0.3 is 30.3 Å². The van der Waals surface area contributed by atoms with Crippen molar-refractivity contribution >= 4 is 12.1 Å². The molecule has 1 fully saturated rings. The molecule has 9 heteroatoms. The summed E-state index contributed by atoms with van der Waals surface area (Å²) < 4.78 is 24.5. The molecule has 0 radical (unpaired) electrons. The molecule has 1 saturated heterocycles. The third kappa shape index (κ3) is 8.34. The number of carbonyl (C=O) groups is 2. The first-order valence-electron chi connectivity index (χ1n) is 10.9. The fourth-order valence-corrected chi connectivity index (χ4v) is 3.75. The van der Waals surface area contributed by atoms with Gasteiger partial charge in [0.15, 0.2) is 0 Å². The fourth-order valence-electron chi connectivity index (χ4n) is 3.75. The highest BCUT2D eigenvalue weighted by atomic mass is 19.1. The molecule has 0 saturated carbocycles. The van der Waals surface area contributed by atoms with Crippen LogP contribution in [-0.4, -0.2) is 69.5 Å². The average Bonchev–Trinajstić information content (AvgIpc) is 2.77. The van der Waals surface area contributed by atoms with E-state index < -0.39 is 6.09 Å². The van der Waals surface area contributed by atoms with Crippen molar-refractivity contribution in [1.29, 1.82) is 0 Å². The van der Waals surface area contributed by atoms with Crippen LogP contribution in [0.5, 0.6) is 0 Å². The lowest BCUT2D eigenvalue weighted by Gasteiger charge is -2.37. The van der Waals surface area contributed by atoms with E-state index in [1.807, 2.05) is 19.9 Å². The second-order valence-electron chi connectivity index (χ2n) is 7.77. The number of ether oxygens (including phenoxy) is 2. The van der Waals surface area contributed by atoms with Crippen molar-refractivity contribution < 1.29 is 23.5 Å². The number of piperidine rings is 1. The van der Waals surface area contributed by atoms with Gasteiger partial charge >= 0.3 is 12.1 Å². The number of urea groups is 1. The number of alkyl carbamates (subject to hydrolysis) is 1. The Bertz CT molecular complexity index is 706. The predicted octanol–water partition coefficient (Wildman–Crippen LogP) is 2.66. The lowest BCUT2D eigenvalue weighted by atomic mass is 9.88. The maximum atomic E-state index is 13.9. The number of nitrogens with zero attached hydrogens (tertiary/aromatic N) is 1. The lowest BCUT2D eigenvalue weighted by molar-refractivity contribution is -0.00873. The Labute approximate surface area is 183 Å². The fraction of sp³-hybridized carbons (Fsp3) is 0.636. The molecule has 0 spiro atoms. The van der Waals surface area contributed by atoms with Gasteiger partial charge in [0.1, 0.15) is 5.82 Å². The molecular formula is C22H35FN4O4. The Morgan fingerprint density at radius 2 is 2.16 bits per heavy atom. The summed E-state index contributed by atoms with van der Waals surface area (Å²) >= 11 is 0. The molecule has 174 valence electrons. The molecule has 0 bridgehead atoms. The summed E-state index contributed by atoms with van der Waals surface area (Å²) in [7, 11) is 1.30. The largest absolute Gasteiger partial charge is 0.453 e. The highest BCUT2D eigenvalue weighted by Crippen LogP contribution is 2.33. The van der Waals surface area contributed by atoms with Crippen LogP contribution in [0.15, 0.2) is 24.3 Å². The van der Waals surface area contributed by atoms with Crippen LogP contribution >= 0.6 is 0 Å². The summed E-state index contributed by atoms with van der Waals surface area (Å²) in [4.78, 5) is 25.8. The molecule has 1 aliphatic rings. The van der Waals surface area contributed by atoms with Crippen LogP contribution in [0.3, 0.4) is 0 Å². The Kier molecular flexibility index (Phi) is 10.5. The quantitative estimate of drug-likeness (QED) is 0.489. The molecule has 1 aliphatic heterocycles. The van der Waals surface area contributed by atoms with Crippen LogP contribution in [0.4, 0.5) is 14.0 Å². The van der Waals surface area contributed by atoms with Crippen LogP contribution in [0.25, 0.3) is 0 Å². The first-order valence-corrected chi connectivity index (χ1v) is 10.9. The normalized spacial score (nSPS) is 18.2. The van der Waals surface area contributed by atoms with Gasteiger partial charge in [-0.05, 0) is 44.0 Å². The molecule has 1 heterocycles. The molecule has 1 aromatic carbocycles. The van der Waals surface area contributed by atoms with Crippen molar-refractivity contribution in [3.63, 3.8) is 0 Å². The number of carbonyl (C=O) groups excluding carboxylic acids is 2. The SMILES string of the molecule is CCNCC(C)NC(=O)N1CCCC([C@@H](OCCNC(=O)OC)c2cccc(F)c2)C1. The summed E-state index contributed by atoms with van der Waals surface area (Å²) in [5.74, 6) is -0.315. The smallest absolute Gasteiger partial charge is 0.406 e. The molecule has 2 unspecified atom stereocenters. The van der Waals surface area contributed by atoms with Gasteiger partial charge in [-0.3, -0.25) is 0 Å². The van der Waals surface area contributed by atoms with Crippen molar-refractivity contribution in [2.75, 3.05) is 46.4 Å². The van der Waals surface area contributed by atoms with E-state index in [4.69, 9.17) is 4.74 Å². The zero-order valence-corrected chi connectivity index (χ0v) is 18.7. The van der Waals surface area contributed by atoms with Gasteiger partial charge in [0.05, 0.1) is 19.8 Å². The van der Waals surface area contributed by atoms with Gasteiger partial charge in [-0.1, -0.05) is 19.1 Å². The first-order chi connectivity index (χ1) is 14.9. The number of amides is 3. The number of nitrogens with one attached hydrogen (secondary N) is 3. The van der Waals surface area contributed by atoms with Crippen molar-refractivity contribution in [3.05, 3.63) is 35.6 Å². The summed E-state index contributed by atoms with van der Waals surface area (Å²) in [5.41, 5.74) is 0.728. The number of halogens is 1. The molecule has 0 aromatic heterocycles. The molecular weight excluding hydrogens is 403 g/mol. The standard InChI is InChI=1S/C22H35FN4O4/c1-4-24-14-16(2)26-21(28)27-11-6-8-18(15-27)20(17-7-5-9-19(23)13-17)31-12-10-25-22(29)30-3/h5,7,9,13,16,18,20,24H,4,6,8,10-12,14-15H2,1-3H3,(H,25,29)(H,26,28)/t16?,18?,20-/m0/s1. The molecule has 3 amide bonds. The summed E-state index contributed by atoms with van der Waals surface area (Å²) in [5, 5.41) is 8.83. The number of hydrogen-bond donors (Lipinski definition) is 3. The second-order valence-corrected chi connectivity index (χ2v) is 7.77. The maximum absolute atomic E-state index is 13.9. The van der Waals surface area contributed by atoms with Crippen molar-refractivity contribution in [1.82, 2.24) is 20.9 Å². The number of benzene rings is 1. The minimum Gasteiger partial charge on any atom is -0.453 e. The van der Waals surface area contributed by atoms with Crippen LogP contribution in [-0.2, 0) is 9.47 Å². The van der Waals surface area contributed by atoms with E-state index in [9.17, 15) is 14.0 Å². The van der Waals surface area contributed by atoms with Gasteiger partial charge in [-0.15, -0.1) is 0 Å². The van der Waals surface area contributed by atoms with E-state index in [2.05, 4.69) is 20.7 Å². The van der Waals surface area contributed by atoms with Gasteiger partial charge in [-0.25, -0.2) is 14.0 Å². The second kappa shape index (κ2) is 13.1. The number of likely N-dealkylation sites (N-methyl/N-ethyl adjacent to an activating group) is 1. The van der Waals surface area contributed by atoms with E-state index in [0.29, 0.717) is 19.6 Å². The van der Waals surface area contributed by atoms with Crippen LogP contribution < -0.4 is 16.0 Å². The van der Waals surface area contributed by atoms with E-state index in [-0.39, 0.29) is 43.1 Å². The Balaban J connectivity index is 2.02. The molecule has 2 rings (SSSR count). The highest BCUT2D eigenvalue weighted by Gasteiger charge is 2.31. The Hall–Kier alpha value is -2.39. The number of methoxy groups -OCH3 is 1. The average molecular weight is 439 g/mol. The van der Waals surface area contributed by atoms with Crippen LogP contribution in [0.1, 0.15) is 38.4 Å². The van der Waals surface area contributed by atoms with Crippen molar-refractivity contribution in [3.8, 4) is 0 Å². The van der Waals surface area contributed by atoms with Crippen LogP contribution in [0, 0.1) is 11.7 Å². The molecule has 1 aromatic rings. The monoisotopic (exact) mass is 438 g/mol. The third-order valence-corrected chi connectivity index (χ3v) is 5.28. The molecule has 31 heavy (non-hydrogen) atoms. The number of likely N-dealkylation sites (tertiary alicyclic amines) is 1. The minimum atomic E-state index is -0.530. The van der Waals surface area contributed by atoms with Gasteiger partial charge in [0.25, 0.3) is 0 Å². The zero-order chi connectivity index (χ0) is 22.6. The van der Waals surface area contributed by atoms with Crippen molar-refractivity contribution in [2.45, 2.75) is 38.8 Å². The number of rotatable bonds is 10. The lowest BCUT2D eigenvalue weighted by Crippen LogP contribution is -2.50. The number of hydrogen-bond acceptors (Lipinski definition) is 5. The van der Waals surface area contributed by atoms with Crippen LogP contribution in [0.2, 0.25) is 0 Å². The van der Waals surface area contributed by atoms with Gasteiger partial charge in [-0.2, -0.15) is 0 Å². The molecule has 3 atom stereocenters. The summed E-state index contributed by atoms with van der Waals surface area (Å²) in [6.07, 6.45) is 0.792. The van der Waals surface area contributed by atoms with E-state index >= 15 is 0 Å². The van der Waals surface area contributed by atoms with E-state index in [1.165, 1.54) is 19.2 Å². The van der Waals surface area contributed by atoms with Gasteiger partial charge in [0.2, 0.25) is 0 Å². The molecule has 3 N–H and O–H groups in total. The van der Waals surface area contributed by atoms with E-state index in [0.717, 1.165) is 24.9 Å². The van der Waals surface area contributed by atoms with E-state index in [1.54, 1.807) is 11.0 Å². The minimum absolute atomic E-state index is 0.0171. The Morgan fingerprint density at radius 3 is 2.87 bits per heavy atom. The molecule has 8 nitrogen and oxygen atoms in total. The zero-order valence-electron chi connectivity index (χ0n) is 18.7. The third-order valence-electron chi connectivity index (χ3n) is 5.28.